The molecule has 3 aromatic carbocycles. The van der Waals surface area contributed by atoms with Crippen LogP contribution < -0.4 is 9.62 Å². The van der Waals surface area contributed by atoms with Gasteiger partial charge in [0.15, 0.2) is 0 Å². The molecule has 1 N–H and O–H groups in total. The van der Waals surface area contributed by atoms with E-state index in [1.165, 1.54) is 4.31 Å². The Labute approximate surface area is 181 Å². The lowest BCUT2D eigenvalue weighted by Gasteiger charge is -2.24. The van der Waals surface area contributed by atoms with Gasteiger partial charge in [0.05, 0.1) is 10.6 Å². The zero-order chi connectivity index (χ0) is 21.5. The van der Waals surface area contributed by atoms with E-state index in [9.17, 15) is 13.2 Å². The molecule has 4 rings (SSSR count). The van der Waals surface area contributed by atoms with E-state index in [-0.39, 0.29) is 16.8 Å². The highest BCUT2D eigenvalue weighted by molar-refractivity contribution is 7.92. The summed E-state index contributed by atoms with van der Waals surface area (Å²) in [6.45, 7) is 3.75. The maximum atomic E-state index is 13.2. The number of carbonyl (C=O) groups is 1. The fourth-order valence-corrected chi connectivity index (χ4v) is 5.72. The van der Waals surface area contributed by atoms with Gasteiger partial charge in [-0.1, -0.05) is 29.8 Å². The number of nitrogens with zero attached hydrogens (tertiary/aromatic N) is 1. The Balaban J connectivity index is 1.63. The van der Waals surface area contributed by atoms with Gasteiger partial charge in [0, 0.05) is 22.3 Å². The van der Waals surface area contributed by atoms with Gasteiger partial charge in [-0.25, -0.2) is 8.42 Å². The van der Waals surface area contributed by atoms with Gasteiger partial charge in [-0.15, -0.1) is 0 Å². The number of rotatable bonds is 4. The van der Waals surface area contributed by atoms with Gasteiger partial charge < -0.3 is 5.32 Å². The van der Waals surface area contributed by atoms with Crippen molar-refractivity contribution in [3.05, 3.63) is 88.4 Å². The Hall–Kier alpha value is -2.83. The van der Waals surface area contributed by atoms with Crippen molar-refractivity contribution in [2.75, 3.05) is 9.62 Å². The van der Waals surface area contributed by atoms with Crippen LogP contribution in [0.5, 0.6) is 0 Å². The SMILES string of the molecule is Cc1cc(Cl)ccc1NC(=O)c1ccc2c(c1)C[C@@H](C)N2S(=O)(=O)c1ccccc1. The molecule has 0 aromatic heterocycles. The van der Waals surface area contributed by atoms with Gasteiger partial charge in [-0.2, -0.15) is 0 Å². The molecule has 0 fully saturated rings. The second-order valence-electron chi connectivity index (χ2n) is 7.42. The Bertz CT molecular complexity index is 1230. The van der Waals surface area contributed by atoms with Crippen LogP contribution >= 0.6 is 11.6 Å². The van der Waals surface area contributed by atoms with E-state index in [1.807, 2.05) is 13.8 Å². The molecule has 3 aromatic rings. The molecule has 0 aliphatic carbocycles. The molecule has 0 spiro atoms. The summed E-state index contributed by atoms with van der Waals surface area (Å²) in [7, 11) is -3.67. The average molecular weight is 441 g/mol. The molecule has 0 saturated carbocycles. The van der Waals surface area contributed by atoms with Gasteiger partial charge in [0.2, 0.25) is 0 Å². The standard InChI is InChI=1S/C23H21ClN2O3S/c1-15-12-19(24)9-10-21(15)25-23(27)17-8-11-22-18(14-17)13-16(2)26(22)30(28,29)20-6-4-3-5-7-20/h3-12,14,16H,13H2,1-2H3,(H,25,27)/t16-/m1/s1. The minimum Gasteiger partial charge on any atom is -0.322 e. The second-order valence-corrected chi connectivity index (χ2v) is 9.68. The van der Waals surface area contributed by atoms with E-state index in [1.54, 1.807) is 66.7 Å². The van der Waals surface area contributed by atoms with Crippen molar-refractivity contribution in [3.63, 3.8) is 0 Å². The predicted molar refractivity (Wildman–Crippen MR) is 120 cm³/mol. The number of sulfonamides is 1. The molecule has 1 heterocycles. The number of halogens is 1. The lowest BCUT2D eigenvalue weighted by Crippen LogP contribution is -2.35. The number of carbonyl (C=O) groups excluding carboxylic acids is 1. The van der Waals surface area contributed by atoms with Crippen LogP contribution in [0.25, 0.3) is 0 Å². The molecule has 1 atom stereocenters. The van der Waals surface area contributed by atoms with E-state index in [2.05, 4.69) is 5.32 Å². The van der Waals surface area contributed by atoms with Crippen molar-refractivity contribution < 1.29 is 13.2 Å². The Morgan fingerprint density at radius 1 is 1.07 bits per heavy atom. The number of fused-ring (bicyclic) bond motifs is 1. The monoisotopic (exact) mass is 440 g/mol. The van der Waals surface area contributed by atoms with Crippen LogP contribution in [0.3, 0.4) is 0 Å². The number of anilines is 2. The maximum absolute atomic E-state index is 13.2. The van der Waals surface area contributed by atoms with Crippen LogP contribution in [0.15, 0.2) is 71.6 Å². The molecule has 0 radical (unpaired) electrons. The van der Waals surface area contributed by atoms with Gasteiger partial charge in [0.25, 0.3) is 15.9 Å². The van der Waals surface area contributed by atoms with Crippen LogP contribution in [-0.4, -0.2) is 20.4 Å². The fraction of sp³-hybridized carbons (Fsp3) is 0.174. The van der Waals surface area contributed by atoms with E-state index in [0.717, 1.165) is 11.1 Å². The van der Waals surface area contributed by atoms with Gasteiger partial charge >= 0.3 is 0 Å². The van der Waals surface area contributed by atoms with Crippen LogP contribution in [0.4, 0.5) is 11.4 Å². The third-order valence-corrected chi connectivity index (χ3v) is 7.41. The summed E-state index contributed by atoms with van der Waals surface area (Å²) < 4.78 is 27.8. The van der Waals surface area contributed by atoms with Gasteiger partial charge in [-0.05, 0) is 79.9 Å². The minimum atomic E-state index is -3.67. The largest absolute Gasteiger partial charge is 0.322 e. The molecule has 1 aliphatic rings. The quantitative estimate of drug-likeness (QED) is 0.618. The van der Waals surface area contributed by atoms with E-state index >= 15 is 0 Å². The number of hydrogen-bond acceptors (Lipinski definition) is 3. The summed E-state index contributed by atoms with van der Waals surface area (Å²) in [6, 6.07) is 18.6. The van der Waals surface area contributed by atoms with Crippen molar-refractivity contribution in [2.45, 2.75) is 31.2 Å². The topological polar surface area (TPSA) is 66.5 Å². The summed E-state index contributed by atoms with van der Waals surface area (Å²) in [5.41, 5.74) is 3.49. The summed E-state index contributed by atoms with van der Waals surface area (Å²) in [6.07, 6.45) is 0.544. The number of amides is 1. The van der Waals surface area contributed by atoms with Gasteiger partial charge in [-0.3, -0.25) is 9.10 Å². The summed E-state index contributed by atoms with van der Waals surface area (Å²) in [5.74, 6) is -0.250. The second kappa shape index (κ2) is 7.78. The van der Waals surface area contributed by atoms with E-state index in [4.69, 9.17) is 11.6 Å². The van der Waals surface area contributed by atoms with Crippen molar-refractivity contribution in [2.24, 2.45) is 0 Å². The molecular formula is C23H21ClN2O3S. The minimum absolute atomic E-state index is 0.234. The average Bonchev–Trinajstić information content (AvgIpc) is 3.06. The fourth-order valence-electron chi connectivity index (χ4n) is 3.78. The van der Waals surface area contributed by atoms with Crippen molar-refractivity contribution >= 4 is 38.9 Å². The smallest absolute Gasteiger partial charge is 0.264 e. The van der Waals surface area contributed by atoms with Crippen molar-refractivity contribution in [3.8, 4) is 0 Å². The highest BCUT2D eigenvalue weighted by Gasteiger charge is 2.36. The number of nitrogens with one attached hydrogen (secondary N) is 1. The molecule has 7 heteroatoms. The van der Waals surface area contributed by atoms with Crippen LogP contribution in [-0.2, 0) is 16.4 Å². The first-order chi connectivity index (χ1) is 14.3. The van der Waals surface area contributed by atoms with Crippen LogP contribution in [0.1, 0.15) is 28.4 Å². The third kappa shape index (κ3) is 3.68. The molecule has 0 saturated heterocycles. The van der Waals surface area contributed by atoms with Gasteiger partial charge in [0.1, 0.15) is 0 Å². The third-order valence-electron chi connectivity index (χ3n) is 5.23. The maximum Gasteiger partial charge on any atom is 0.264 e. The highest BCUT2D eigenvalue weighted by Crippen LogP contribution is 2.37. The summed E-state index contributed by atoms with van der Waals surface area (Å²) >= 11 is 5.98. The van der Waals surface area contributed by atoms with Crippen molar-refractivity contribution in [1.29, 1.82) is 0 Å². The molecule has 1 amide bonds. The Kier molecular flexibility index (Phi) is 5.30. The summed E-state index contributed by atoms with van der Waals surface area (Å²) in [4.78, 5) is 13.0. The predicted octanol–water partition coefficient (Wildman–Crippen LogP) is 5.04. The first kappa shape index (κ1) is 20.4. The molecular weight excluding hydrogens is 420 g/mol. The van der Waals surface area contributed by atoms with Crippen LogP contribution in [0, 0.1) is 6.92 Å². The molecule has 5 nitrogen and oxygen atoms in total. The number of aryl methyl sites for hydroxylation is 1. The lowest BCUT2D eigenvalue weighted by molar-refractivity contribution is 0.102. The Morgan fingerprint density at radius 3 is 2.50 bits per heavy atom. The molecule has 0 unspecified atom stereocenters. The number of benzene rings is 3. The number of hydrogen-bond donors (Lipinski definition) is 1. The zero-order valence-electron chi connectivity index (χ0n) is 16.6. The Morgan fingerprint density at radius 2 is 1.80 bits per heavy atom. The van der Waals surface area contributed by atoms with Crippen molar-refractivity contribution in [1.82, 2.24) is 0 Å². The molecule has 154 valence electrons. The zero-order valence-corrected chi connectivity index (χ0v) is 18.2. The first-order valence-electron chi connectivity index (χ1n) is 9.57. The summed E-state index contributed by atoms with van der Waals surface area (Å²) in [5, 5.41) is 3.50. The van der Waals surface area contributed by atoms with Crippen LogP contribution in [0.2, 0.25) is 5.02 Å². The molecule has 0 bridgehead atoms. The molecule has 1 aliphatic heterocycles. The lowest BCUT2D eigenvalue weighted by atomic mass is 10.1. The normalized spacial score (nSPS) is 15.7. The van der Waals surface area contributed by atoms with E-state index < -0.39 is 10.0 Å². The van der Waals surface area contributed by atoms with E-state index in [0.29, 0.717) is 28.4 Å². The highest BCUT2D eigenvalue weighted by atomic mass is 35.5. The molecule has 30 heavy (non-hydrogen) atoms. The first-order valence-corrected chi connectivity index (χ1v) is 11.4.